The van der Waals surface area contributed by atoms with Crippen molar-refractivity contribution >= 4 is 5.78 Å². The molecule has 0 bridgehead atoms. The molecule has 1 atom stereocenters. The minimum absolute atomic E-state index is 0.246. The summed E-state index contributed by atoms with van der Waals surface area (Å²) in [6.45, 7) is 5.79. The van der Waals surface area contributed by atoms with Gasteiger partial charge in [0.15, 0.2) is 0 Å². The third-order valence-corrected chi connectivity index (χ3v) is 2.85. The average molecular weight is 222 g/mol. The van der Waals surface area contributed by atoms with E-state index in [1.165, 1.54) is 19.3 Å². The van der Waals surface area contributed by atoms with Crippen LogP contribution in [0.25, 0.3) is 0 Å². The number of hydrogen-bond donors (Lipinski definition) is 0. The standard InChI is InChI=1S/C14H22O2/c1-4-5-6-7-13(10-11(2)15)14-9-8-12(3)16-14/h8-9,13H,4-7,10H2,1-3H3. The zero-order chi connectivity index (χ0) is 12.0. The Labute approximate surface area is 98.0 Å². The summed E-state index contributed by atoms with van der Waals surface area (Å²) in [7, 11) is 0. The van der Waals surface area contributed by atoms with Crippen LogP contribution < -0.4 is 0 Å². The molecule has 0 fully saturated rings. The third kappa shape index (κ3) is 4.21. The molecule has 2 nitrogen and oxygen atoms in total. The van der Waals surface area contributed by atoms with Gasteiger partial charge in [0.1, 0.15) is 17.3 Å². The van der Waals surface area contributed by atoms with Crippen LogP contribution in [0, 0.1) is 6.92 Å². The van der Waals surface area contributed by atoms with Crippen LogP contribution in [0.15, 0.2) is 16.5 Å². The summed E-state index contributed by atoms with van der Waals surface area (Å²) < 4.78 is 5.62. The predicted molar refractivity (Wildman–Crippen MR) is 65.6 cm³/mol. The SMILES string of the molecule is CCCCCC(CC(C)=O)c1ccc(C)o1. The topological polar surface area (TPSA) is 30.2 Å². The Morgan fingerprint density at radius 3 is 2.62 bits per heavy atom. The summed E-state index contributed by atoms with van der Waals surface area (Å²) in [6.07, 6.45) is 5.28. The molecule has 16 heavy (non-hydrogen) atoms. The summed E-state index contributed by atoms with van der Waals surface area (Å²) in [4.78, 5) is 11.2. The first-order chi connectivity index (χ1) is 7.63. The van der Waals surface area contributed by atoms with Crippen LogP contribution in [0.5, 0.6) is 0 Å². The van der Waals surface area contributed by atoms with Crippen LogP contribution in [0.4, 0.5) is 0 Å². The molecule has 1 unspecified atom stereocenters. The highest BCUT2D eigenvalue weighted by atomic mass is 16.3. The first-order valence-electron chi connectivity index (χ1n) is 6.19. The Hall–Kier alpha value is -1.05. The Balaban J connectivity index is 2.59. The molecular weight excluding hydrogens is 200 g/mol. The second kappa shape index (κ2) is 6.51. The number of furan rings is 1. The molecule has 1 aromatic rings. The van der Waals surface area contributed by atoms with E-state index in [-0.39, 0.29) is 11.7 Å². The van der Waals surface area contributed by atoms with Crippen LogP contribution in [0.3, 0.4) is 0 Å². The van der Waals surface area contributed by atoms with Crippen LogP contribution in [0.1, 0.15) is 63.4 Å². The maximum atomic E-state index is 11.2. The number of ketones is 1. The fraction of sp³-hybridized carbons (Fsp3) is 0.643. The minimum Gasteiger partial charge on any atom is -0.466 e. The number of aryl methyl sites for hydroxylation is 1. The Kier molecular flexibility index (Phi) is 5.30. The highest BCUT2D eigenvalue weighted by molar-refractivity contribution is 5.76. The van der Waals surface area contributed by atoms with Crippen molar-refractivity contribution in [3.8, 4) is 0 Å². The molecule has 0 saturated carbocycles. The van der Waals surface area contributed by atoms with E-state index in [2.05, 4.69) is 6.92 Å². The molecular formula is C14H22O2. The van der Waals surface area contributed by atoms with Gasteiger partial charge in [-0.1, -0.05) is 26.2 Å². The molecule has 1 rings (SSSR count). The van der Waals surface area contributed by atoms with E-state index in [1.807, 2.05) is 19.1 Å². The van der Waals surface area contributed by atoms with Crippen molar-refractivity contribution in [2.45, 2.75) is 58.8 Å². The van der Waals surface area contributed by atoms with Gasteiger partial charge in [-0.05, 0) is 32.4 Å². The van der Waals surface area contributed by atoms with Crippen molar-refractivity contribution in [1.29, 1.82) is 0 Å². The average Bonchev–Trinajstić information content (AvgIpc) is 2.63. The highest BCUT2D eigenvalue weighted by Gasteiger charge is 2.16. The monoisotopic (exact) mass is 222 g/mol. The van der Waals surface area contributed by atoms with Crippen LogP contribution in [0.2, 0.25) is 0 Å². The molecule has 2 heteroatoms. The van der Waals surface area contributed by atoms with Gasteiger partial charge in [-0.25, -0.2) is 0 Å². The molecule has 0 aliphatic carbocycles. The molecule has 1 aromatic heterocycles. The van der Waals surface area contributed by atoms with E-state index in [9.17, 15) is 4.79 Å². The molecule has 0 aromatic carbocycles. The van der Waals surface area contributed by atoms with Gasteiger partial charge in [0.05, 0.1) is 0 Å². The van der Waals surface area contributed by atoms with E-state index in [4.69, 9.17) is 4.42 Å². The van der Waals surface area contributed by atoms with Crippen molar-refractivity contribution in [3.63, 3.8) is 0 Å². The van der Waals surface area contributed by atoms with Crippen molar-refractivity contribution in [2.75, 3.05) is 0 Å². The zero-order valence-corrected chi connectivity index (χ0v) is 10.6. The molecule has 0 N–H and O–H groups in total. The van der Waals surface area contributed by atoms with Crippen molar-refractivity contribution < 1.29 is 9.21 Å². The van der Waals surface area contributed by atoms with E-state index < -0.39 is 0 Å². The van der Waals surface area contributed by atoms with Crippen molar-refractivity contribution in [1.82, 2.24) is 0 Å². The number of carbonyl (C=O) groups excluding carboxylic acids is 1. The van der Waals surface area contributed by atoms with E-state index >= 15 is 0 Å². The van der Waals surface area contributed by atoms with Crippen LogP contribution in [-0.2, 0) is 4.79 Å². The molecule has 0 spiro atoms. The minimum atomic E-state index is 0.246. The molecule has 0 radical (unpaired) electrons. The largest absolute Gasteiger partial charge is 0.466 e. The van der Waals surface area contributed by atoms with Crippen molar-refractivity contribution in [3.05, 3.63) is 23.7 Å². The van der Waals surface area contributed by atoms with Gasteiger partial charge in [-0.2, -0.15) is 0 Å². The lowest BCUT2D eigenvalue weighted by atomic mass is 9.94. The number of rotatable bonds is 7. The molecule has 0 aliphatic heterocycles. The second-order valence-corrected chi connectivity index (χ2v) is 4.55. The molecule has 0 saturated heterocycles. The Morgan fingerprint density at radius 1 is 1.38 bits per heavy atom. The second-order valence-electron chi connectivity index (χ2n) is 4.55. The first kappa shape index (κ1) is 13.0. The van der Waals surface area contributed by atoms with Crippen molar-refractivity contribution in [2.24, 2.45) is 0 Å². The smallest absolute Gasteiger partial charge is 0.130 e. The summed E-state index contributed by atoms with van der Waals surface area (Å²) in [5.74, 6) is 2.43. The quantitative estimate of drug-likeness (QED) is 0.646. The maximum Gasteiger partial charge on any atom is 0.130 e. The normalized spacial score (nSPS) is 12.7. The lowest BCUT2D eigenvalue weighted by Crippen LogP contribution is -2.03. The summed E-state index contributed by atoms with van der Waals surface area (Å²) in [6, 6.07) is 3.98. The van der Waals surface area contributed by atoms with Gasteiger partial charge in [-0.15, -0.1) is 0 Å². The van der Waals surface area contributed by atoms with Gasteiger partial charge in [0.2, 0.25) is 0 Å². The summed E-state index contributed by atoms with van der Waals surface area (Å²) in [5, 5.41) is 0. The zero-order valence-electron chi connectivity index (χ0n) is 10.6. The van der Waals surface area contributed by atoms with Gasteiger partial charge < -0.3 is 9.21 Å². The molecule has 0 aliphatic rings. The van der Waals surface area contributed by atoms with E-state index in [0.717, 1.165) is 17.9 Å². The summed E-state index contributed by atoms with van der Waals surface area (Å²) >= 11 is 0. The van der Waals surface area contributed by atoms with Crippen LogP contribution >= 0.6 is 0 Å². The van der Waals surface area contributed by atoms with Gasteiger partial charge in [0.25, 0.3) is 0 Å². The van der Waals surface area contributed by atoms with E-state index in [0.29, 0.717) is 6.42 Å². The van der Waals surface area contributed by atoms with Crippen LogP contribution in [-0.4, -0.2) is 5.78 Å². The number of Topliss-reactive ketones (excluding diaryl/α,β-unsaturated/α-hetero) is 1. The first-order valence-corrected chi connectivity index (χ1v) is 6.19. The number of unbranched alkanes of at least 4 members (excludes halogenated alkanes) is 2. The lowest BCUT2D eigenvalue weighted by molar-refractivity contribution is -0.117. The fourth-order valence-corrected chi connectivity index (χ4v) is 2.01. The van der Waals surface area contributed by atoms with E-state index in [1.54, 1.807) is 6.92 Å². The molecule has 90 valence electrons. The molecule has 1 heterocycles. The third-order valence-electron chi connectivity index (χ3n) is 2.85. The predicted octanol–water partition coefficient (Wildman–Crippen LogP) is 4.23. The molecule has 0 amide bonds. The Bertz CT molecular complexity index is 325. The van der Waals surface area contributed by atoms with Gasteiger partial charge in [-0.3, -0.25) is 0 Å². The maximum absolute atomic E-state index is 11.2. The summed E-state index contributed by atoms with van der Waals surface area (Å²) in [5.41, 5.74) is 0. The van der Waals surface area contributed by atoms with Gasteiger partial charge in [0, 0.05) is 12.3 Å². The van der Waals surface area contributed by atoms with Gasteiger partial charge >= 0.3 is 0 Å². The highest BCUT2D eigenvalue weighted by Crippen LogP contribution is 2.27. The lowest BCUT2D eigenvalue weighted by Gasteiger charge is -2.12. The fourth-order valence-electron chi connectivity index (χ4n) is 2.01. The number of carbonyl (C=O) groups is 1. The number of hydrogen-bond acceptors (Lipinski definition) is 2. The Morgan fingerprint density at radius 2 is 2.12 bits per heavy atom.